The number of rotatable bonds is 11. The Morgan fingerprint density at radius 1 is 0.977 bits per heavy atom. The van der Waals surface area contributed by atoms with E-state index in [0.29, 0.717) is 30.7 Å². The van der Waals surface area contributed by atoms with Gasteiger partial charge in [0.15, 0.2) is 13.8 Å². The van der Waals surface area contributed by atoms with E-state index in [1.54, 1.807) is 6.20 Å². The van der Waals surface area contributed by atoms with Gasteiger partial charge >= 0.3 is 0 Å². The van der Waals surface area contributed by atoms with Gasteiger partial charge in [-0.15, -0.1) is 10.2 Å². The van der Waals surface area contributed by atoms with Gasteiger partial charge in [0, 0.05) is 23.6 Å². The third-order valence-corrected chi connectivity index (χ3v) is 8.81. The highest BCUT2D eigenvalue weighted by Gasteiger charge is 2.32. The number of ether oxygens (including phenoxy) is 1. The summed E-state index contributed by atoms with van der Waals surface area (Å²) in [6.45, 7) is 9.33. The van der Waals surface area contributed by atoms with E-state index < -0.39 is 0 Å². The molecule has 1 atom stereocenters. The quantitative estimate of drug-likeness (QED) is 0.188. The molecular formula is C34H41BN6O2. The van der Waals surface area contributed by atoms with Crippen molar-refractivity contribution in [2.75, 3.05) is 18.5 Å². The normalized spacial score (nSPS) is 15.5. The Morgan fingerprint density at radius 2 is 1.67 bits per heavy atom. The van der Waals surface area contributed by atoms with Gasteiger partial charge in [0.2, 0.25) is 5.91 Å². The van der Waals surface area contributed by atoms with E-state index in [1.165, 1.54) is 11.1 Å². The standard InChI is InChI=1S/C34H41BN6O2/c1-24(2)34(3,28-11-13-30(14-12-28)43-23-29-6-4-5-19-36-29)27-9-7-26(8-10-27)31-15-16-32(38-37-31)39-40-33(42)22-25-17-20-41(35)21-18-25/h4-16,19,24-25H,17-18,20-23,35H2,1-3H3,(H,38,39)(H,40,42). The maximum Gasteiger partial charge on any atom is 0.238 e. The second-order valence-corrected chi connectivity index (χ2v) is 12.0. The van der Waals surface area contributed by atoms with Crippen molar-refractivity contribution in [2.24, 2.45) is 11.8 Å². The van der Waals surface area contributed by atoms with Gasteiger partial charge in [-0.1, -0.05) is 63.2 Å². The summed E-state index contributed by atoms with van der Waals surface area (Å²) in [6.07, 6.45) is 4.42. The number of pyridine rings is 1. The van der Waals surface area contributed by atoms with Crippen LogP contribution in [0.1, 0.15) is 56.9 Å². The van der Waals surface area contributed by atoms with Crippen LogP contribution in [0.5, 0.6) is 5.75 Å². The summed E-state index contributed by atoms with van der Waals surface area (Å²) >= 11 is 0. The molecule has 1 amide bonds. The molecule has 0 radical (unpaired) electrons. The summed E-state index contributed by atoms with van der Waals surface area (Å²) in [5.74, 6) is 2.11. The predicted octanol–water partition coefficient (Wildman–Crippen LogP) is 5.17. The molecule has 1 aliphatic rings. The van der Waals surface area contributed by atoms with Gasteiger partial charge in [0.25, 0.3) is 0 Å². The van der Waals surface area contributed by atoms with Crippen LogP contribution in [0.2, 0.25) is 0 Å². The third kappa shape index (κ3) is 7.59. The first kappa shape index (κ1) is 30.2. The van der Waals surface area contributed by atoms with Crippen LogP contribution in [-0.4, -0.2) is 47.0 Å². The molecule has 1 fully saturated rings. The number of aromatic nitrogens is 3. The Morgan fingerprint density at radius 3 is 2.28 bits per heavy atom. The SMILES string of the molecule is BN1CCC(CC(=O)NNc2ccc(-c3ccc(C(C)(c4ccc(OCc5ccccn5)cc4)C(C)C)cc3)nn2)CC1. The molecular weight excluding hydrogens is 535 g/mol. The van der Waals surface area contributed by atoms with E-state index in [1.807, 2.05) is 42.5 Å². The number of carbonyl (C=O) groups is 1. The molecule has 2 aromatic carbocycles. The number of carbonyl (C=O) groups excluding carboxylic acids is 1. The average molecular weight is 577 g/mol. The van der Waals surface area contributed by atoms with Crippen molar-refractivity contribution in [2.45, 2.75) is 52.1 Å². The van der Waals surface area contributed by atoms with Crippen molar-refractivity contribution in [3.8, 4) is 17.0 Å². The first-order chi connectivity index (χ1) is 20.8. The topological polar surface area (TPSA) is 92.3 Å². The Kier molecular flexibility index (Phi) is 9.72. The molecule has 0 spiro atoms. The van der Waals surface area contributed by atoms with Crippen LogP contribution in [0.15, 0.2) is 85.1 Å². The molecule has 1 saturated heterocycles. The maximum absolute atomic E-state index is 12.4. The zero-order valence-electron chi connectivity index (χ0n) is 25.6. The van der Waals surface area contributed by atoms with Crippen molar-refractivity contribution in [3.63, 3.8) is 0 Å². The highest BCUT2D eigenvalue weighted by molar-refractivity contribution is 6.04. The molecule has 1 unspecified atom stereocenters. The lowest BCUT2D eigenvalue weighted by atomic mass is 9.68. The second-order valence-electron chi connectivity index (χ2n) is 12.0. The van der Waals surface area contributed by atoms with Crippen LogP contribution >= 0.6 is 0 Å². The molecule has 5 rings (SSSR count). The third-order valence-electron chi connectivity index (χ3n) is 8.81. The number of hydrogen-bond acceptors (Lipinski definition) is 7. The summed E-state index contributed by atoms with van der Waals surface area (Å²) in [4.78, 5) is 19.0. The van der Waals surface area contributed by atoms with E-state index in [-0.39, 0.29) is 11.3 Å². The molecule has 3 heterocycles. The van der Waals surface area contributed by atoms with Gasteiger partial charge in [-0.3, -0.25) is 20.6 Å². The molecule has 43 heavy (non-hydrogen) atoms. The fourth-order valence-electron chi connectivity index (χ4n) is 5.62. The van der Waals surface area contributed by atoms with Gasteiger partial charge < -0.3 is 9.55 Å². The number of benzene rings is 2. The second kappa shape index (κ2) is 13.8. The van der Waals surface area contributed by atoms with E-state index >= 15 is 0 Å². The number of nitrogens with one attached hydrogen (secondary N) is 2. The summed E-state index contributed by atoms with van der Waals surface area (Å²) in [5.41, 5.74) is 10.6. The van der Waals surface area contributed by atoms with Gasteiger partial charge in [0.1, 0.15) is 12.4 Å². The van der Waals surface area contributed by atoms with Gasteiger partial charge in [-0.2, -0.15) is 0 Å². The largest absolute Gasteiger partial charge is 0.487 e. The lowest BCUT2D eigenvalue weighted by Crippen LogP contribution is -2.36. The Bertz CT molecular complexity index is 1460. The minimum atomic E-state index is -0.191. The zero-order chi connectivity index (χ0) is 30.2. The van der Waals surface area contributed by atoms with E-state index in [2.05, 4.69) is 96.0 Å². The Hall–Kier alpha value is -4.24. The molecule has 8 nitrogen and oxygen atoms in total. The number of piperidine rings is 1. The number of anilines is 1. The molecule has 9 heteroatoms. The first-order valence-electron chi connectivity index (χ1n) is 15.1. The highest BCUT2D eigenvalue weighted by Crippen LogP contribution is 2.40. The molecule has 4 aromatic rings. The van der Waals surface area contributed by atoms with Gasteiger partial charge in [-0.25, -0.2) is 0 Å². The molecule has 0 bridgehead atoms. The fraction of sp³-hybridized carbons (Fsp3) is 0.353. The maximum atomic E-state index is 12.4. The zero-order valence-corrected chi connectivity index (χ0v) is 25.6. The van der Waals surface area contributed by atoms with Gasteiger partial charge in [-0.05, 0) is 85.3 Å². The van der Waals surface area contributed by atoms with Crippen LogP contribution in [0.25, 0.3) is 11.3 Å². The van der Waals surface area contributed by atoms with Crippen molar-refractivity contribution in [1.82, 2.24) is 25.4 Å². The fourth-order valence-corrected chi connectivity index (χ4v) is 5.62. The van der Waals surface area contributed by atoms with Gasteiger partial charge in [0.05, 0.1) is 11.4 Å². The van der Waals surface area contributed by atoms with Crippen LogP contribution in [-0.2, 0) is 16.8 Å². The molecule has 2 aromatic heterocycles. The van der Waals surface area contributed by atoms with E-state index in [4.69, 9.17) is 4.74 Å². The van der Waals surface area contributed by atoms with Crippen LogP contribution in [0.4, 0.5) is 5.82 Å². The van der Waals surface area contributed by atoms with Crippen molar-refractivity contribution in [3.05, 3.63) is 102 Å². The predicted molar refractivity (Wildman–Crippen MR) is 173 cm³/mol. The van der Waals surface area contributed by atoms with Crippen LogP contribution < -0.4 is 15.6 Å². The number of nitrogens with zero attached hydrogens (tertiary/aromatic N) is 4. The molecule has 222 valence electrons. The van der Waals surface area contributed by atoms with Crippen molar-refractivity contribution in [1.29, 1.82) is 0 Å². The lowest BCUT2D eigenvalue weighted by Gasteiger charge is -2.35. The summed E-state index contributed by atoms with van der Waals surface area (Å²) in [7, 11) is 2.12. The minimum Gasteiger partial charge on any atom is -0.487 e. The van der Waals surface area contributed by atoms with Crippen LogP contribution in [0, 0.1) is 11.8 Å². The van der Waals surface area contributed by atoms with E-state index in [9.17, 15) is 4.79 Å². The lowest BCUT2D eigenvalue weighted by molar-refractivity contribution is -0.121. The summed E-state index contributed by atoms with van der Waals surface area (Å²) in [5, 5.41) is 8.67. The minimum absolute atomic E-state index is 0.0177. The average Bonchev–Trinajstić information content (AvgIpc) is 3.04. The number of amides is 1. The van der Waals surface area contributed by atoms with Crippen molar-refractivity contribution < 1.29 is 9.53 Å². The Labute approximate surface area is 255 Å². The highest BCUT2D eigenvalue weighted by atomic mass is 16.5. The summed E-state index contributed by atoms with van der Waals surface area (Å²) < 4.78 is 5.96. The molecule has 0 saturated carbocycles. The molecule has 0 aliphatic carbocycles. The summed E-state index contributed by atoms with van der Waals surface area (Å²) in [6, 6.07) is 26.5. The number of hydrazine groups is 1. The van der Waals surface area contributed by atoms with Crippen molar-refractivity contribution >= 4 is 19.7 Å². The molecule has 2 N–H and O–H groups in total. The molecule has 1 aliphatic heterocycles. The Balaban J connectivity index is 1.19. The first-order valence-corrected chi connectivity index (χ1v) is 15.1. The van der Waals surface area contributed by atoms with E-state index in [0.717, 1.165) is 48.6 Å². The number of hydrogen-bond donors (Lipinski definition) is 2. The smallest absolute Gasteiger partial charge is 0.238 e. The van der Waals surface area contributed by atoms with Crippen LogP contribution in [0.3, 0.4) is 0 Å². The monoisotopic (exact) mass is 576 g/mol.